The van der Waals surface area contributed by atoms with Gasteiger partial charge in [-0.1, -0.05) is 13.8 Å². The van der Waals surface area contributed by atoms with E-state index >= 15 is 0 Å². The Bertz CT molecular complexity index is 738. The van der Waals surface area contributed by atoms with Gasteiger partial charge in [-0.25, -0.2) is 4.79 Å². The van der Waals surface area contributed by atoms with Crippen molar-refractivity contribution in [3.63, 3.8) is 0 Å². The largest absolute Gasteiger partial charge is 0.444 e. The van der Waals surface area contributed by atoms with Crippen LogP contribution in [0.15, 0.2) is 6.20 Å². The van der Waals surface area contributed by atoms with Crippen molar-refractivity contribution in [2.45, 2.75) is 102 Å². The number of aromatic amines is 1. The molecule has 2 aliphatic heterocycles. The van der Waals surface area contributed by atoms with Gasteiger partial charge in [0.15, 0.2) is 0 Å². The van der Waals surface area contributed by atoms with Crippen LogP contribution in [0.4, 0.5) is 4.79 Å². The minimum absolute atomic E-state index is 0.0250. The second-order valence-corrected chi connectivity index (χ2v) is 10.7. The molecule has 1 aromatic heterocycles. The topological polar surface area (TPSA) is 70.7 Å². The number of ether oxygens (including phenoxy) is 2. The number of aromatic nitrogens is 2. The number of carbonyl (C=O) groups excluding carboxylic acids is 1. The molecule has 0 saturated carbocycles. The van der Waals surface area contributed by atoms with Crippen LogP contribution in [0.5, 0.6) is 0 Å². The van der Waals surface area contributed by atoms with Crippen LogP contribution >= 0.6 is 0 Å². The molecule has 0 spiro atoms. The Morgan fingerprint density at radius 1 is 1.19 bits per heavy atom. The normalized spacial score (nSPS) is 28.2. The molecule has 7 nitrogen and oxygen atoms in total. The molecule has 2 aliphatic rings. The summed E-state index contributed by atoms with van der Waals surface area (Å²) in [5, 5.41) is 7.81. The molecule has 1 aromatic rings. The summed E-state index contributed by atoms with van der Waals surface area (Å²) in [5.41, 5.74) is 2.03. The van der Waals surface area contributed by atoms with Gasteiger partial charge in [0.05, 0.1) is 16.9 Å². The number of nitrogens with one attached hydrogen (secondary N) is 1. The van der Waals surface area contributed by atoms with Crippen LogP contribution in [0.1, 0.15) is 90.3 Å². The zero-order valence-electron chi connectivity index (χ0n) is 20.6. The smallest absolute Gasteiger partial charge is 0.410 e. The molecule has 0 radical (unpaired) electrons. The molecule has 1 amide bonds. The summed E-state index contributed by atoms with van der Waals surface area (Å²) < 4.78 is 12.1. The number of H-pyrrole nitrogens is 1. The number of hydrogen-bond donors (Lipinski definition) is 1. The van der Waals surface area contributed by atoms with Gasteiger partial charge < -0.3 is 19.3 Å². The van der Waals surface area contributed by atoms with E-state index in [0.29, 0.717) is 12.5 Å². The van der Waals surface area contributed by atoms with Gasteiger partial charge in [0, 0.05) is 44.4 Å². The molecule has 3 heterocycles. The molecule has 2 fully saturated rings. The van der Waals surface area contributed by atoms with E-state index in [9.17, 15) is 4.79 Å². The quantitative estimate of drug-likeness (QED) is 0.642. The highest BCUT2D eigenvalue weighted by Gasteiger charge is 2.54. The first-order valence-electron chi connectivity index (χ1n) is 11.9. The van der Waals surface area contributed by atoms with Crippen molar-refractivity contribution in [3.8, 4) is 0 Å². The van der Waals surface area contributed by atoms with Gasteiger partial charge in [0.1, 0.15) is 5.60 Å². The van der Waals surface area contributed by atoms with Gasteiger partial charge in [-0.15, -0.1) is 0 Å². The average molecular weight is 435 g/mol. The highest BCUT2D eigenvalue weighted by molar-refractivity contribution is 5.67. The van der Waals surface area contributed by atoms with Crippen LogP contribution in [0.3, 0.4) is 0 Å². The lowest BCUT2D eigenvalue weighted by atomic mass is 9.79. The number of amides is 1. The van der Waals surface area contributed by atoms with Gasteiger partial charge in [0.25, 0.3) is 0 Å². The van der Waals surface area contributed by atoms with E-state index in [0.717, 1.165) is 38.8 Å². The molecule has 31 heavy (non-hydrogen) atoms. The molecule has 1 N–H and O–H groups in total. The second-order valence-electron chi connectivity index (χ2n) is 10.7. The summed E-state index contributed by atoms with van der Waals surface area (Å²) in [6.07, 6.45) is 8.37. The average Bonchev–Trinajstić information content (AvgIpc) is 3.27. The molecule has 0 aromatic carbocycles. The maximum Gasteiger partial charge on any atom is 0.410 e. The lowest BCUT2D eigenvalue weighted by Gasteiger charge is -2.43. The summed E-state index contributed by atoms with van der Waals surface area (Å²) in [7, 11) is 3.88. The lowest BCUT2D eigenvalue weighted by molar-refractivity contribution is -0.149. The SMILES string of the molecule is CC[C@]12CC[C@](CC)(C[C@@H](c3n[nH]cc3CN(C)CCN(C)C(=O)OC(C)(C)C)C1)O2. The number of fused-ring (bicyclic) bond motifs is 2. The zero-order valence-corrected chi connectivity index (χ0v) is 20.6. The first-order chi connectivity index (χ1) is 14.5. The van der Waals surface area contributed by atoms with E-state index in [1.165, 1.54) is 24.1 Å². The van der Waals surface area contributed by atoms with Crippen LogP contribution in [0, 0.1) is 0 Å². The highest BCUT2D eigenvalue weighted by Crippen LogP contribution is 2.55. The molecular weight excluding hydrogens is 392 g/mol. The molecular formula is C24H42N4O3. The minimum Gasteiger partial charge on any atom is -0.444 e. The Morgan fingerprint density at radius 3 is 2.35 bits per heavy atom. The monoisotopic (exact) mass is 434 g/mol. The predicted molar refractivity (Wildman–Crippen MR) is 122 cm³/mol. The van der Waals surface area contributed by atoms with Gasteiger partial charge >= 0.3 is 6.09 Å². The number of hydrogen-bond acceptors (Lipinski definition) is 5. The van der Waals surface area contributed by atoms with E-state index in [1.54, 1.807) is 11.9 Å². The standard InChI is InChI=1S/C24H42N4O3/c1-8-23-10-11-24(9-2,31-23)15-18(14-23)20-19(16-25-26-20)17-27(6)12-13-28(7)21(29)30-22(3,4)5/h16,18H,8-15,17H2,1-7H3,(H,25,26)/t18-,23-,24+. The first kappa shape index (κ1) is 24.1. The third-order valence-corrected chi connectivity index (χ3v) is 7.10. The molecule has 3 rings (SSSR count). The van der Waals surface area contributed by atoms with Crippen LogP contribution in [-0.2, 0) is 16.0 Å². The van der Waals surface area contributed by atoms with Crippen LogP contribution < -0.4 is 0 Å². The maximum absolute atomic E-state index is 12.2. The van der Waals surface area contributed by atoms with Crippen LogP contribution in [-0.4, -0.2) is 70.1 Å². The fraction of sp³-hybridized carbons (Fsp3) is 0.833. The Morgan fingerprint density at radius 2 is 1.81 bits per heavy atom. The van der Waals surface area contributed by atoms with Crippen molar-refractivity contribution >= 4 is 6.09 Å². The third kappa shape index (κ3) is 5.61. The lowest BCUT2D eigenvalue weighted by Crippen LogP contribution is -2.43. The Labute approximate surface area is 187 Å². The van der Waals surface area contributed by atoms with E-state index < -0.39 is 5.60 Å². The van der Waals surface area contributed by atoms with Gasteiger partial charge in [-0.05, 0) is 66.3 Å². The van der Waals surface area contributed by atoms with E-state index in [4.69, 9.17) is 14.6 Å². The molecule has 2 saturated heterocycles. The van der Waals surface area contributed by atoms with Crippen molar-refractivity contribution in [3.05, 3.63) is 17.5 Å². The van der Waals surface area contributed by atoms with Crippen LogP contribution in [0.25, 0.3) is 0 Å². The van der Waals surface area contributed by atoms with Crippen molar-refractivity contribution < 1.29 is 14.3 Å². The highest BCUT2D eigenvalue weighted by atomic mass is 16.6. The maximum atomic E-state index is 12.2. The molecule has 3 atom stereocenters. The Balaban J connectivity index is 1.60. The number of carbonyl (C=O) groups is 1. The second kappa shape index (κ2) is 9.10. The Kier molecular flexibility index (Phi) is 7.06. The van der Waals surface area contributed by atoms with Crippen molar-refractivity contribution in [2.75, 3.05) is 27.2 Å². The van der Waals surface area contributed by atoms with Gasteiger partial charge in [-0.3, -0.25) is 5.10 Å². The molecule has 7 heteroatoms. The van der Waals surface area contributed by atoms with Gasteiger partial charge in [0.2, 0.25) is 0 Å². The number of likely N-dealkylation sites (N-methyl/N-ethyl adjacent to an activating group) is 2. The summed E-state index contributed by atoms with van der Waals surface area (Å²) in [6.45, 7) is 12.4. The van der Waals surface area contributed by atoms with Crippen molar-refractivity contribution in [1.82, 2.24) is 20.0 Å². The molecule has 176 valence electrons. The summed E-state index contributed by atoms with van der Waals surface area (Å²) in [5.74, 6) is 0.440. The van der Waals surface area contributed by atoms with E-state index in [2.05, 4.69) is 30.9 Å². The zero-order chi connectivity index (χ0) is 22.9. The van der Waals surface area contributed by atoms with Gasteiger partial charge in [-0.2, -0.15) is 5.10 Å². The number of nitrogens with zero attached hydrogens (tertiary/aromatic N) is 3. The third-order valence-electron chi connectivity index (χ3n) is 7.10. The first-order valence-corrected chi connectivity index (χ1v) is 11.9. The summed E-state index contributed by atoms with van der Waals surface area (Å²) >= 11 is 0. The Hall–Kier alpha value is -1.60. The summed E-state index contributed by atoms with van der Waals surface area (Å²) in [6, 6.07) is 0. The molecule has 0 unspecified atom stereocenters. The fourth-order valence-corrected chi connectivity index (χ4v) is 5.18. The van der Waals surface area contributed by atoms with Crippen LogP contribution in [0.2, 0.25) is 0 Å². The van der Waals surface area contributed by atoms with Crippen molar-refractivity contribution in [1.29, 1.82) is 0 Å². The van der Waals surface area contributed by atoms with E-state index in [1.807, 2.05) is 27.0 Å². The predicted octanol–water partition coefficient (Wildman–Crippen LogP) is 4.69. The number of rotatable bonds is 8. The summed E-state index contributed by atoms with van der Waals surface area (Å²) in [4.78, 5) is 16.1. The fourth-order valence-electron chi connectivity index (χ4n) is 5.18. The van der Waals surface area contributed by atoms with E-state index in [-0.39, 0.29) is 17.3 Å². The van der Waals surface area contributed by atoms with Crippen molar-refractivity contribution in [2.24, 2.45) is 0 Å². The minimum atomic E-state index is -0.474. The molecule has 2 bridgehead atoms. The molecule has 0 aliphatic carbocycles.